The number of carbonyl (C=O) groups is 1. The molecule has 140 valence electrons. The minimum Gasteiger partial charge on any atom is -0.444 e. The molecule has 0 radical (unpaired) electrons. The van der Waals surface area contributed by atoms with Gasteiger partial charge in [-0.05, 0) is 33.8 Å². The summed E-state index contributed by atoms with van der Waals surface area (Å²) >= 11 is 0. The molecule has 2 aromatic rings. The summed E-state index contributed by atoms with van der Waals surface area (Å²) in [4.78, 5) is 24.1. The average molecular weight is 362 g/mol. The lowest BCUT2D eigenvalue weighted by atomic mass is 10.2. The summed E-state index contributed by atoms with van der Waals surface area (Å²) < 4.78 is 21.0. The Morgan fingerprint density at radius 1 is 1.23 bits per heavy atom. The van der Waals surface area contributed by atoms with Crippen LogP contribution in [-0.2, 0) is 4.74 Å². The van der Waals surface area contributed by atoms with Crippen molar-refractivity contribution in [2.24, 2.45) is 0 Å². The van der Waals surface area contributed by atoms with Gasteiger partial charge in [0.05, 0.1) is 6.20 Å². The van der Waals surface area contributed by atoms with Gasteiger partial charge >= 0.3 is 6.09 Å². The molecular weight excluding hydrogens is 339 g/mol. The van der Waals surface area contributed by atoms with Gasteiger partial charge in [0.25, 0.3) is 0 Å². The predicted molar refractivity (Wildman–Crippen MR) is 93.9 cm³/mol. The summed E-state index contributed by atoms with van der Waals surface area (Å²) in [5.41, 5.74) is 0.258. The van der Waals surface area contributed by atoms with Crippen molar-refractivity contribution in [2.75, 3.05) is 31.1 Å². The third kappa shape index (κ3) is 3.92. The van der Waals surface area contributed by atoms with Crippen LogP contribution in [0.15, 0.2) is 18.5 Å². The summed E-state index contributed by atoms with van der Waals surface area (Å²) in [6, 6.07) is 1.78. The van der Waals surface area contributed by atoms with E-state index in [1.807, 2.05) is 32.6 Å². The SMILES string of the molecule is Cc1ccnn1-c1nc(N2CCN(C(=O)OC(C)(C)C)CC2)ncc1F. The first kappa shape index (κ1) is 18.1. The number of rotatable bonds is 2. The largest absolute Gasteiger partial charge is 0.444 e. The molecule has 3 rings (SSSR count). The number of anilines is 1. The van der Waals surface area contributed by atoms with E-state index in [9.17, 15) is 9.18 Å². The Labute approximate surface area is 151 Å². The molecule has 0 spiro atoms. The first-order chi connectivity index (χ1) is 12.2. The van der Waals surface area contributed by atoms with Crippen LogP contribution in [0, 0.1) is 12.7 Å². The average Bonchev–Trinajstić information content (AvgIpc) is 3.00. The predicted octanol–water partition coefficient (Wildman–Crippen LogP) is 2.17. The van der Waals surface area contributed by atoms with E-state index in [1.54, 1.807) is 17.2 Å². The van der Waals surface area contributed by atoms with E-state index in [-0.39, 0.29) is 11.9 Å². The van der Waals surface area contributed by atoms with Gasteiger partial charge in [-0.2, -0.15) is 10.1 Å². The van der Waals surface area contributed by atoms with Crippen molar-refractivity contribution >= 4 is 12.0 Å². The Morgan fingerprint density at radius 2 is 1.92 bits per heavy atom. The molecule has 1 aliphatic heterocycles. The Bertz CT molecular complexity index is 793. The van der Waals surface area contributed by atoms with E-state index < -0.39 is 11.4 Å². The fourth-order valence-corrected chi connectivity index (χ4v) is 2.66. The first-order valence-corrected chi connectivity index (χ1v) is 8.51. The van der Waals surface area contributed by atoms with Crippen LogP contribution in [0.25, 0.3) is 5.82 Å². The number of amides is 1. The van der Waals surface area contributed by atoms with Gasteiger partial charge < -0.3 is 14.5 Å². The normalized spacial score (nSPS) is 15.3. The third-order valence-corrected chi connectivity index (χ3v) is 3.96. The van der Waals surface area contributed by atoms with Crippen molar-refractivity contribution in [3.05, 3.63) is 30.0 Å². The zero-order valence-corrected chi connectivity index (χ0v) is 15.4. The number of carbonyl (C=O) groups excluding carboxylic acids is 1. The topological polar surface area (TPSA) is 76.4 Å². The van der Waals surface area contributed by atoms with Crippen molar-refractivity contribution < 1.29 is 13.9 Å². The number of hydrogen-bond donors (Lipinski definition) is 0. The molecule has 0 bridgehead atoms. The number of hydrogen-bond acceptors (Lipinski definition) is 6. The summed E-state index contributed by atoms with van der Waals surface area (Å²) in [7, 11) is 0. The highest BCUT2D eigenvalue weighted by Crippen LogP contribution is 2.18. The summed E-state index contributed by atoms with van der Waals surface area (Å²) in [6.07, 6.45) is 2.42. The molecule has 8 nitrogen and oxygen atoms in total. The molecule has 0 aliphatic carbocycles. The highest BCUT2D eigenvalue weighted by atomic mass is 19.1. The van der Waals surface area contributed by atoms with Crippen LogP contribution in [0.5, 0.6) is 0 Å². The maximum atomic E-state index is 14.1. The molecule has 0 N–H and O–H groups in total. The highest BCUT2D eigenvalue weighted by Gasteiger charge is 2.27. The van der Waals surface area contributed by atoms with Gasteiger partial charge in [-0.25, -0.2) is 18.9 Å². The van der Waals surface area contributed by atoms with E-state index >= 15 is 0 Å². The molecule has 1 fully saturated rings. The summed E-state index contributed by atoms with van der Waals surface area (Å²) in [5, 5.41) is 4.10. The van der Waals surface area contributed by atoms with E-state index in [1.165, 1.54) is 4.68 Å². The van der Waals surface area contributed by atoms with Crippen LogP contribution in [0.1, 0.15) is 26.5 Å². The fraction of sp³-hybridized carbons (Fsp3) is 0.529. The maximum absolute atomic E-state index is 14.1. The Morgan fingerprint density at radius 3 is 2.50 bits per heavy atom. The summed E-state index contributed by atoms with van der Waals surface area (Å²) in [5.74, 6) is 0.000140. The second kappa shape index (κ2) is 6.89. The molecule has 9 heteroatoms. The van der Waals surface area contributed by atoms with Crippen LogP contribution in [0.2, 0.25) is 0 Å². The van der Waals surface area contributed by atoms with Gasteiger partial charge in [0.1, 0.15) is 5.60 Å². The number of nitrogens with zero attached hydrogens (tertiary/aromatic N) is 6. The number of aromatic nitrogens is 4. The van der Waals surface area contributed by atoms with Gasteiger partial charge in [0, 0.05) is 38.1 Å². The van der Waals surface area contributed by atoms with E-state index in [2.05, 4.69) is 15.1 Å². The number of ether oxygens (including phenoxy) is 1. The molecule has 1 aliphatic rings. The molecular formula is C17H23FN6O2. The van der Waals surface area contributed by atoms with Gasteiger partial charge in [-0.15, -0.1) is 0 Å². The molecule has 0 saturated carbocycles. The van der Waals surface area contributed by atoms with Gasteiger partial charge in [0.15, 0.2) is 11.6 Å². The molecule has 26 heavy (non-hydrogen) atoms. The number of piperazine rings is 1. The van der Waals surface area contributed by atoms with Crippen molar-refractivity contribution in [2.45, 2.75) is 33.3 Å². The zero-order chi connectivity index (χ0) is 18.9. The quantitative estimate of drug-likeness (QED) is 0.815. The number of aryl methyl sites for hydroxylation is 1. The van der Waals surface area contributed by atoms with Gasteiger partial charge in [-0.1, -0.05) is 0 Å². The Balaban J connectivity index is 1.70. The highest BCUT2D eigenvalue weighted by molar-refractivity contribution is 5.68. The maximum Gasteiger partial charge on any atom is 0.410 e. The van der Waals surface area contributed by atoms with Crippen LogP contribution < -0.4 is 4.90 Å². The molecule has 0 atom stereocenters. The first-order valence-electron chi connectivity index (χ1n) is 8.51. The fourth-order valence-electron chi connectivity index (χ4n) is 2.66. The lowest BCUT2D eigenvalue weighted by Crippen LogP contribution is -2.50. The van der Waals surface area contributed by atoms with Crippen LogP contribution in [0.4, 0.5) is 15.1 Å². The summed E-state index contributed by atoms with van der Waals surface area (Å²) in [6.45, 7) is 9.42. The second-order valence-electron chi connectivity index (χ2n) is 7.18. The van der Waals surface area contributed by atoms with E-state index in [4.69, 9.17) is 4.74 Å². The third-order valence-electron chi connectivity index (χ3n) is 3.96. The van der Waals surface area contributed by atoms with Crippen molar-refractivity contribution in [3.63, 3.8) is 0 Å². The second-order valence-corrected chi connectivity index (χ2v) is 7.18. The van der Waals surface area contributed by atoms with Crippen LogP contribution in [0.3, 0.4) is 0 Å². The lowest BCUT2D eigenvalue weighted by molar-refractivity contribution is 0.0240. The lowest BCUT2D eigenvalue weighted by Gasteiger charge is -2.35. The van der Waals surface area contributed by atoms with E-state index in [0.29, 0.717) is 32.1 Å². The van der Waals surface area contributed by atoms with Gasteiger partial charge in [0.2, 0.25) is 5.95 Å². The molecule has 1 amide bonds. The minimum absolute atomic E-state index is 0.118. The molecule has 1 saturated heterocycles. The van der Waals surface area contributed by atoms with Crippen molar-refractivity contribution in [1.82, 2.24) is 24.6 Å². The molecule has 0 unspecified atom stereocenters. The smallest absolute Gasteiger partial charge is 0.410 e. The Hall–Kier alpha value is -2.71. The zero-order valence-electron chi connectivity index (χ0n) is 15.4. The molecule has 2 aromatic heterocycles. The Kier molecular flexibility index (Phi) is 4.80. The van der Waals surface area contributed by atoms with Crippen molar-refractivity contribution in [3.8, 4) is 5.82 Å². The number of halogens is 1. The van der Waals surface area contributed by atoms with Gasteiger partial charge in [-0.3, -0.25) is 0 Å². The standard InChI is InChI=1S/C17H23FN6O2/c1-12-5-6-20-24(12)14-13(18)11-19-15(21-14)22-7-9-23(10-8-22)16(25)26-17(2,3)4/h5-6,11H,7-10H2,1-4H3. The van der Waals surface area contributed by atoms with Crippen LogP contribution in [-0.4, -0.2) is 62.5 Å². The minimum atomic E-state index is -0.534. The van der Waals surface area contributed by atoms with Crippen LogP contribution >= 0.6 is 0 Å². The van der Waals surface area contributed by atoms with Crippen molar-refractivity contribution in [1.29, 1.82) is 0 Å². The monoisotopic (exact) mass is 362 g/mol. The van der Waals surface area contributed by atoms with E-state index in [0.717, 1.165) is 11.9 Å². The molecule has 3 heterocycles. The molecule has 0 aromatic carbocycles.